The van der Waals surface area contributed by atoms with E-state index < -0.39 is 0 Å². The van der Waals surface area contributed by atoms with E-state index in [2.05, 4.69) is 19.9 Å². The molecule has 0 spiro atoms. The molecule has 0 saturated heterocycles. The third-order valence-electron chi connectivity index (χ3n) is 4.19. The van der Waals surface area contributed by atoms with Gasteiger partial charge >= 0.3 is 0 Å². The van der Waals surface area contributed by atoms with Gasteiger partial charge in [-0.05, 0) is 48.8 Å². The summed E-state index contributed by atoms with van der Waals surface area (Å²) in [5.74, 6) is 2.42. The molecule has 0 aliphatic heterocycles. The number of ether oxygens (including phenoxy) is 2. The van der Waals surface area contributed by atoms with Crippen molar-refractivity contribution in [2.75, 3.05) is 7.11 Å². The van der Waals surface area contributed by atoms with Crippen LogP contribution in [-0.4, -0.2) is 13.2 Å². The summed E-state index contributed by atoms with van der Waals surface area (Å²) in [4.78, 5) is 0. The number of rotatable bonds is 5. The van der Waals surface area contributed by atoms with Gasteiger partial charge in [-0.3, -0.25) is 0 Å². The summed E-state index contributed by atoms with van der Waals surface area (Å²) < 4.78 is 11.5. The predicted octanol–water partition coefficient (Wildman–Crippen LogP) is 3.50. The Hall–Kier alpha value is -1.06. The number of hydrogen-bond donors (Lipinski definition) is 1. The standard InChI is InChI=1S/C17H27NO2/c1-12-6-13(2)8-16(7-12)20-11-15-9-14(10-18)4-5-17(15)19-3/h4-5,9,12-13,16H,6-8,10-11,18H2,1-3H3. The largest absolute Gasteiger partial charge is 0.496 e. The second-order valence-corrected chi connectivity index (χ2v) is 6.20. The summed E-state index contributed by atoms with van der Waals surface area (Å²) in [5.41, 5.74) is 7.92. The molecule has 1 aliphatic rings. The lowest BCUT2D eigenvalue weighted by molar-refractivity contribution is -0.00979. The van der Waals surface area contributed by atoms with Crippen LogP contribution in [0.2, 0.25) is 0 Å². The number of benzene rings is 1. The minimum absolute atomic E-state index is 0.375. The van der Waals surface area contributed by atoms with E-state index in [0.717, 1.165) is 28.7 Å². The van der Waals surface area contributed by atoms with Gasteiger partial charge in [0.2, 0.25) is 0 Å². The molecule has 1 aromatic carbocycles. The molecule has 3 heteroatoms. The van der Waals surface area contributed by atoms with Crippen LogP contribution in [0, 0.1) is 11.8 Å². The van der Waals surface area contributed by atoms with Crippen molar-refractivity contribution in [2.45, 2.75) is 52.4 Å². The maximum Gasteiger partial charge on any atom is 0.124 e. The molecule has 1 fully saturated rings. The van der Waals surface area contributed by atoms with Crippen molar-refractivity contribution in [3.05, 3.63) is 29.3 Å². The average Bonchev–Trinajstić information content (AvgIpc) is 2.43. The second-order valence-electron chi connectivity index (χ2n) is 6.20. The molecular weight excluding hydrogens is 250 g/mol. The van der Waals surface area contributed by atoms with E-state index >= 15 is 0 Å². The summed E-state index contributed by atoms with van der Waals surface area (Å²) in [6, 6.07) is 6.08. The van der Waals surface area contributed by atoms with Gasteiger partial charge in [-0.15, -0.1) is 0 Å². The molecule has 2 rings (SSSR count). The fourth-order valence-electron chi connectivity index (χ4n) is 3.29. The van der Waals surface area contributed by atoms with Gasteiger partial charge < -0.3 is 15.2 Å². The van der Waals surface area contributed by atoms with E-state index in [9.17, 15) is 0 Å². The second kappa shape index (κ2) is 7.09. The molecule has 0 radical (unpaired) electrons. The van der Waals surface area contributed by atoms with E-state index in [1.807, 2.05) is 12.1 Å². The van der Waals surface area contributed by atoms with E-state index in [0.29, 0.717) is 19.3 Å². The third kappa shape index (κ3) is 3.97. The normalized spacial score (nSPS) is 26.5. The van der Waals surface area contributed by atoms with Gasteiger partial charge in [0.05, 0.1) is 19.8 Å². The molecule has 0 bridgehead atoms. The van der Waals surface area contributed by atoms with Crippen LogP contribution in [0.3, 0.4) is 0 Å². The van der Waals surface area contributed by atoms with Crippen LogP contribution in [0.1, 0.15) is 44.2 Å². The topological polar surface area (TPSA) is 44.5 Å². The first kappa shape index (κ1) is 15.3. The van der Waals surface area contributed by atoms with Crippen molar-refractivity contribution >= 4 is 0 Å². The molecule has 0 heterocycles. The zero-order chi connectivity index (χ0) is 14.5. The molecule has 2 unspecified atom stereocenters. The minimum atomic E-state index is 0.375. The lowest BCUT2D eigenvalue weighted by Crippen LogP contribution is -2.26. The molecule has 112 valence electrons. The van der Waals surface area contributed by atoms with Gasteiger partial charge in [-0.1, -0.05) is 19.9 Å². The lowest BCUT2D eigenvalue weighted by Gasteiger charge is -2.31. The molecule has 0 aromatic heterocycles. The Balaban J connectivity index is 1.99. The highest BCUT2D eigenvalue weighted by molar-refractivity contribution is 5.36. The Bertz CT molecular complexity index is 423. The third-order valence-corrected chi connectivity index (χ3v) is 4.19. The molecule has 2 atom stereocenters. The molecule has 2 N–H and O–H groups in total. The molecule has 1 aliphatic carbocycles. The van der Waals surface area contributed by atoms with Crippen molar-refractivity contribution < 1.29 is 9.47 Å². The highest BCUT2D eigenvalue weighted by atomic mass is 16.5. The Labute approximate surface area is 122 Å². The van der Waals surface area contributed by atoms with Crippen molar-refractivity contribution in [3.63, 3.8) is 0 Å². The van der Waals surface area contributed by atoms with Crippen molar-refractivity contribution in [1.82, 2.24) is 0 Å². The van der Waals surface area contributed by atoms with Crippen LogP contribution in [0.15, 0.2) is 18.2 Å². The van der Waals surface area contributed by atoms with E-state index in [-0.39, 0.29) is 0 Å². The number of hydrogen-bond acceptors (Lipinski definition) is 3. The highest BCUT2D eigenvalue weighted by Gasteiger charge is 2.24. The molecule has 20 heavy (non-hydrogen) atoms. The zero-order valence-corrected chi connectivity index (χ0v) is 12.9. The first-order valence-corrected chi connectivity index (χ1v) is 7.59. The van der Waals surface area contributed by atoms with Gasteiger partial charge in [-0.25, -0.2) is 0 Å². The van der Waals surface area contributed by atoms with E-state index in [1.54, 1.807) is 7.11 Å². The zero-order valence-electron chi connectivity index (χ0n) is 12.9. The molecule has 0 amide bonds. The van der Waals surface area contributed by atoms with Gasteiger partial charge in [0, 0.05) is 12.1 Å². The number of nitrogens with two attached hydrogens (primary N) is 1. The fraction of sp³-hybridized carbons (Fsp3) is 0.647. The number of methoxy groups -OCH3 is 1. The van der Waals surface area contributed by atoms with Gasteiger partial charge in [-0.2, -0.15) is 0 Å². The van der Waals surface area contributed by atoms with E-state index in [4.69, 9.17) is 15.2 Å². The SMILES string of the molecule is COc1ccc(CN)cc1COC1CC(C)CC(C)C1. The van der Waals surface area contributed by atoms with Crippen LogP contribution in [0.5, 0.6) is 5.75 Å². The van der Waals surface area contributed by atoms with Crippen molar-refractivity contribution in [2.24, 2.45) is 17.6 Å². The fourth-order valence-corrected chi connectivity index (χ4v) is 3.29. The van der Waals surface area contributed by atoms with Crippen LogP contribution >= 0.6 is 0 Å². The van der Waals surface area contributed by atoms with Crippen LogP contribution in [-0.2, 0) is 17.9 Å². The Morgan fingerprint density at radius 3 is 2.45 bits per heavy atom. The Kier molecular flexibility index (Phi) is 5.44. The predicted molar refractivity (Wildman–Crippen MR) is 81.6 cm³/mol. The smallest absolute Gasteiger partial charge is 0.124 e. The summed E-state index contributed by atoms with van der Waals surface area (Å²) >= 11 is 0. The molecule has 1 aromatic rings. The van der Waals surface area contributed by atoms with Crippen molar-refractivity contribution in [3.8, 4) is 5.75 Å². The Morgan fingerprint density at radius 2 is 1.85 bits per heavy atom. The Morgan fingerprint density at radius 1 is 1.15 bits per heavy atom. The van der Waals surface area contributed by atoms with Gasteiger partial charge in [0.1, 0.15) is 5.75 Å². The summed E-state index contributed by atoms with van der Waals surface area (Å²) in [7, 11) is 1.70. The first-order valence-electron chi connectivity index (χ1n) is 7.59. The van der Waals surface area contributed by atoms with E-state index in [1.165, 1.54) is 19.3 Å². The summed E-state index contributed by atoms with van der Waals surface area (Å²) in [5, 5.41) is 0. The first-order chi connectivity index (χ1) is 9.62. The van der Waals surface area contributed by atoms with Crippen LogP contribution in [0.25, 0.3) is 0 Å². The maximum absolute atomic E-state index is 6.13. The van der Waals surface area contributed by atoms with Crippen LogP contribution < -0.4 is 10.5 Å². The molecule has 1 saturated carbocycles. The summed E-state index contributed by atoms with van der Waals surface area (Å²) in [6.45, 7) is 5.80. The van der Waals surface area contributed by atoms with Crippen molar-refractivity contribution in [1.29, 1.82) is 0 Å². The summed E-state index contributed by atoms with van der Waals surface area (Å²) in [6.07, 6.45) is 4.04. The lowest BCUT2D eigenvalue weighted by atomic mass is 9.82. The van der Waals surface area contributed by atoms with Crippen LogP contribution in [0.4, 0.5) is 0 Å². The minimum Gasteiger partial charge on any atom is -0.496 e. The highest BCUT2D eigenvalue weighted by Crippen LogP contribution is 2.31. The maximum atomic E-state index is 6.13. The monoisotopic (exact) mass is 277 g/mol. The average molecular weight is 277 g/mol. The van der Waals surface area contributed by atoms with Gasteiger partial charge in [0.25, 0.3) is 0 Å². The molecular formula is C17H27NO2. The molecule has 3 nitrogen and oxygen atoms in total. The van der Waals surface area contributed by atoms with Gasteiger partial charge in [0.15, 0.2) is 0 Å². The quantitative estimate of drug-likeness (QED) is 0.896.